The van der Waals surface area contributed by atoms with Crippen LogP contribution in [0.3, 0.4) is 0 Å². The molecule has 0 atom stereocenters. The van der Waals surface area contributed by atoms with Crippen molar-refractivity contribution in [2.75, 3.05) is 52.2 Å². The first-order valence-electron chi connectivity index (χ1n) is 6.75. The van der Waals surface area contributed by atoms with Crippen molar-refractivity contribution in [3.05, 3.63) is 0 Å². The summed E-state index contributed by atoms with van der Waals surface area (Å²) in [6.45, 7) is 7.84. The van der Waals surface area contributed by atoms with Crippen molar-refractivity contribution in [1.29, 1.82) is 0 Å². The van der Waals surface area contributed by atoms with Gasteiger partial charge < -0.3 is 10.5 Å². The van der Waals surface area contributed by atoms with Crippen molar-refractivity contribution >= 4 is 10.0 Å². The number of piperazine rings is 1. The standard InChI is InChI=1S/C12H27N3O3S/c1-12(2,11-13)14-5-7-15(8-6-14)19(16,17)10-4-9-18-3/h4-11,13H2,1-3H3. The van der Waals surface area contributed by atoms with Crippen molar-refractivity contribution in [3.63, 3.8) is 0 Å². The zero-order valence-electron chi connectivity index (χ0n) is 12.3. The van der Waals surface area contributed by atoms with Crippen LogP contribution in [-0.2, 0) is 14.8 Å². The molecule has 1 aliphatic rings. The number of methoxy groups -OCH3 is 1. The second kappa shape index (κ2) is 6.99. The molecule has 0 aromatic rings. The van der Waals surface area contributed by atoms with E-state index in [-0.39, 0.29) is 11.3 Å². The van der Waals surface area contributed by atoms with Gasteiger partial charge in [-0.2, -0.15) is 4.31 Å². The molecule has 0 aromatic carbocycles. The number of nitrogens with two attached hydrogens (primary N) is 1. The molecule has 114 valence electrons. The first kappa shape index (κ1) is 16.8. The molecule has 0 bridgehead atoms. The first-order valence-corrected chi connectivity index (χ1v) is 8.36. The summed E-state index contributed by atoms with van der Waals surface area (Å²) in [7, 11) is -1.55. The van der Waals surface area contributed by atoms with E-state index in [4.69, 9.17) is 10.5 Å². The fraction of sp³-hybridized carbons (Fsp3) is 1.00. The van der Waals surface area contributed by atoms with Crippen molar-refractivity contribution in [3.8, 4) is 0 Å². The van der Waals surface area contributed by atoms with Gasteiger partial charge in [0.15, 0.2) is 0 Å². The Kier molecular flexibility index (Phi) is 6.19. The van der Waals surface area contributed by atoms with Crippen LogP contribution in [0.5, 0.6) is 0 Å². The van der Waals surface area contributed by atoms with Crippen LogP contribution in [0.15, 0.2) is 0 Å². The third-order valence-electron chi connectivity index (χ3n) is 3.74. The van der Waals surface area contributed by atoms with E-state index in [1.165, 1.54) is 0 Å². The van der Waals surface area contributed by atoms with Gasteiger partial charge in [-0.3, -0.25) is 4.90 Å². The smallest absolute Gasteiger partial charge is 0.214 e. The van der Waals surface area contributed by atoms with Crippen LogP contribution in [-0.4, -0.2) is 75.4 Å². The van der Waals surface area contributed by atoms with Crippen molar-refractivity contribution < 1.29 is 13.2 Å². The zero-order chi connectivity index (χ0) is 14.5. The number of hydrogen-bond donors (Lipinski definition) is 1. The van der Waals surface area contributed by atoms with E-state index in [0.717, 1.165) is 13.1 Å². The second-order valence-electron chi connectivity index (χ2n) is 5.57. The molecule has 0 unspecified atom stereocenters. The number of ether oxygens (including phenoxy) is 1. The highest BCUT2D eigenvalue weighted by atomic mass is 32.2. The summed E-state index contributed by atoms with van der Waals surface area (Å²) < 4.78 is 30.7. The fourth-order valence-corrected chi connectivity index (χ4v) is 3.68. The highest BCUT2D eigenvalue weighted by Gasteiger charge is 2.32. The Morgan fingerprint density at radius 3 is 2.26 bits per heavy atom. The van der Waals surface area contributed by atoms with Gasteiger partial charge >= 0.3 is 0 Å². The average molecular weight is 293 g/mol. The van der Waals surface area contributed by atoms with Gasteiger partial charge in [0.1, 0.15) is 0 Å². The molecule has 0 amide bonds. The lowest BCUT2D eigenvalue weighted by atomic mass is 10.0. The van der Waals surface area contributed by atoms with E-state index in [1.54, 1.807) is 11.4 Å². The molecule has 19 heavy (non-hydrogen) atoms. The Morgan fingerprint density at radius 2 is 1.79 bits per heavy atom. The van der Waals surface area contributed by atoms with Crippen LogP contribution in [0.2, 0.25) is 0 Å². The minimum absolute atomic E-state index is 0.0636. The molecule has 0 aromatic heterocycles. The minimum Gasteiger partial charge on any atom is -0.385 e. The van der Waals surface area contributed by atoms with Gasteiger partial charge in [0.2, 0.25) is 10.0 Å². The summed E-state index contributed by atoms with van der Waals surface area (Å²) >= 11 is 0. The van der Waals surface area contributed by atoms with Gasteiger partial charge in [-0.15, -0.1) is 0 Å². The van der Waals surface area contributed by atoms with Crippen LogP contribution in [0.1, 0.15) is 20.3 Å². The molecule has 0 spiro atoms. The number of rotatable bonds is 7. The topological polar surface area (TPSA) is 75.9 Å². The molecule has 1 heterocycles. The van der Waals surface area contributed by atoms with Gasteiger partial charge in [-0.05, 0) is 20.3 Å². The monoisotopic (exact) mass is 293 g/mol. The van der Waals surface area contributed by atoms with Gasteiger partial charge in [0.25, 0.3) is 0 Å². The molecule has 1 aliphatic heterocycles. The highest BCUT2D eigenvalue weighted by Crippen LogP contribution is 2.17. The summed E-state index contributed by atoms with van der Waals surface area (Å²) in [5.41, 5.74) is 5.69. The molecule has 0 radical (unpaired) electrons. The van der Waals surface area contributed by atoms with Gasteiger partial charge in [-0.25, -0.2) is 8.42 Å². The third-order valence-corrected chi connectivity index (χ3v) is 5.69. The second-order valence-corrected chi connectivity index (χ2v) is 7.65. The third kappa shape index (κ3) is 4.68. The van der Waals surface area contributed by atoms with E-state index in [1.807, 2.05) is 0 Å². The Hall–Kier alpha value is -0.210. The Bertz CT molecular complexity index is 362. The number of hydrogen-bond acceptors (Lipinski definition) is 5. The first-order chi connectivity index (χ1) is 8.83. The summed E-state index contributed by atoms with van der Waals surface area (Å²) in [6, 6.07) is 0. The van der Waals surface area contributed by atoms with Gasteiger partial charge in [0, 0.05) is 52.0 Å². The maximum Gasteiger partial charge on any atom is 0.214 e. The predicted octanol–water partition coefficient (Wildman–Crippen LogP) is -0.292. The Balaban J connectivity index is 2.49. The lowest BCUT2D eigenvalue weighted by Crippen LogP contribution is -2.58. The quantitative estimate of drug-likeness (QED) is 0.653. The lowest BCUT2D eigenvalue weighted by molar-refractivity contribution is 0.0849. The SMILES string of the molecule is COCCCS(=O)(=O)N1CCN(C(C)(C)CN)CC1. The lowest BCUT2D eigenvalue weighted by Gasteiger charge is -2.43. The summed E-state index contributed by atoms with van der Waals surface area (Å²) in [6.07, 6.45) is 0.549. The Labute approximate surface area is 116 Å². The zero-order valence-corrected chi connectivity index (χ0v) is 13.1. The largest absolute Gasteiger partial charge is 0.385 e. The normalized spacial score (nSPS) is 19.8. The summed E-state index contributed by atoms with van der Waals surface area (Å²) in [4.78, 5) is 2.26. The summed E-state index contributed by atoms with van der Waals surface area (Å²) in [5, 5.41) is 0. The predicted molar refractivity (Wildman–Crippen MR) is 76.6 cm³/mol. The van der Waals surface area contributed by atoms with E-state index >= 15 is 0 Å². The van der Waals surface area contributed by atoms with E-state index in [2.05, 4.69) is 18.7 Å². The van der Waals surface area contributed by atoms with Crippen molar-refractivity contribution in [2.45, 2.75) is 25.8 Å². The van der Waals surface area contributed by atoms with Crippen LogP contribution >= 0.6 is 0 Å². The molecular weight excluding hydrogens is 266 g/mol. The fourth-order valence-electron chi connectivity index (χ4n) is 2.22. The average Bonchev–Trinajstić information content (AvgIpc) is 2.39. The molecule has 1 saturated heterocycles. The molecule has 7 heteroatoms. The van der Waals surface area contributed by atoms with Crippen LogP contribution < -0.4 is 5.73 Å². The van der Waals surface area contributed by atoms with Crippen LogP contribution in [0.4, 0.5) is 0 Å². The summed E-state index contributed by atoms with van der Waals surface area (Å²) in [5.74, 6) is 0.168. The molecular formula is C12H27N3O3S. The molecule has 6 nitrogen and oxygen atoms in total. The minimum atomic E-state index is -3.14. The highest BCUT2D eigenvalue weighted by molar-refractivity contribution is 7.89. The van der Waals surface area contributed by atoms with E-state index in [9.17, 15) is 8.42 Å². The Morgan fingerprint density at radius 1 is 1.21 bits per heavy atom. The molecule has 0 aliphatic carbocycles. The van der Waals surface area contributed by atoms with Gasteiger partial charge in [0.05, 0.1) is 5.75 Å². The number of sulfonamides is 1. The van der Waals surface area contributed by atoms with Crippen LogP contribution in [0.25, 0.3) is 0 Å². The van der Waals surface area contributed by atoms with E-state index < -0.39 is 10.0 Å². The maximum absolute atomic E-state index is 12.1. The van der Waals surface area contributed by atoms with E-state index in [0.29, 0.717) is 32.7 Å². The van der Waals surface area contributed by atoms with Crippen molar-refractivity contribution in [1.82, 2.24) is 9.21 Å². The maximum atomic E-state index is 12.1. The molecule has 0 saturated carbocycles. The molecule has 1 fully saturated rings. The number of nitrogens with zero attached hydrogens (tertiary/aromatic N) is 2. The van der Waals surface area contributed by atoms with Gasteiger partial charge in [-0.1, -0.05) is 0 Å². The molecule has 1 rings (SSSR count). The van der Waals surface area contributed by atoms with Crippen molar-refractivity contribution in [2.24, 2.45) is 5.73 Å². The van der Waals surface area contributed by atoms with Crippen LogP contribution in [0, 0.1) is 0 Å². The molecule has 2 N–H and O–H groups in total.